The van der Waals surface area contributed by atoms with Gasteiger partial charge in [-0.25, -0.2) is 14.4 Å². The summed E-state index contributed by atoms with van der Waals surface area (Å²) < 4.78 is 14.9. The van der Waals surface area contributed by atoms with Crippen molar-refractivity contribution in [3.8, 4) is 17.3 Å². The zero-order valence-corrected chi connectivity index (χ0v) is 13.1. The molecule has 0 aliphatic carbocycles. The molecule has 3 N–H and O–H groups in total. The quantitative estimate of drug-likeness (QED) is 0.601. The fraction of sp³-hybridized carbons (Fsp3) is 0.0556. The molecule has 4 rings (SSSR count). The number of benzene rings is 2. The van der Waals surface area contributed by atoms with Crippen LogP contribution in [0.5, 0.6) is 5.75 Å². The van der Waals surface area contributed by atoms with E-state index in [0.29, 0.717) is 18.1 Å². The van der Waals surface area contributed by atoms with Crippen LogP contribution < -0.4 is 5.73 Å². The van der Waals surface area contributed by atoms with Crippen molar-refractivity contribution < 1.29 is 9.50 Å². The molecule has 2 aromatic heterocycles. The Morgan fingerprint density at radius 1 is 1.08 bits per heavy atom. The molecule has 0 amide bonds. The standard InChI is InChI=1S/C18H14FN5O/c19-12-7-5-11(6-8-12)10-24-14-4-2-1-3-13(14)16(23-24)18-21-9-15(25)17(20)22-18/h1-9,25H,10H2,(H2,20,21,22). The lowest BCUT2D eigenvalue weighted by molar-refractivity contribution is 0.473. The number of hydrogen-bond acceptors (Lipinski definition) is 5. The van der Waals surface area contributed by atoms with Gasteiger partial charge in [-0.2, -0.15) is 5.10 Å². The molecule has 7 heteroatoms. The lowest BCUT2D eigenvalue weighted by atomic mass is 10.2. The molecule has 0 radical (unpaired) electrons. The van der Waals surface area contributed by atoms with E-state index in [4.69, 9.17) is 5.73 Å². The largest absolute Gasteiger partial charge is 0.503 e. The van der Waals surface area contributed by atoms with E-state index in [1.165, 1.54) is 18.3 Å². The molecule has 0 atom stereocenters. The monoisotopic (exact) mass is 335 g/mol. The number of fused-ring (bicyclic) bond motifs is 1. The second-order valence-electron chi connectivity index (χ2n) is 5.61. The number of nitrogen functional groups attached to an aromatic ring is 1. The summed E-state index contributed by atoms with van der Waals surface area (Å²) in [6.45, 7) is 0.481. The summed E-state index contributed by atoms with van der Waals surface area (Å²) >= 11 is 0. The van der Waals surface area contributed by atoms with Gasteiger partial charge >= 0.3 is 0 Å². The van der Waals surface area contributed by atoms with Crippen LogP contribution in [0, 0.1) is 5.82 Å². The molecule has 0 bridgehead atoms. The van der Waals surface area contributed by atoms with E-state index >= 15 is 0 Å². The molecule has 25 heavy (non-hydrogen) atoms. The Kier molecular flexibility index (Phi) is 3.53. The van der Waals surface area contributed by atoms with Gasteiger partial charge in [0.25, 0.3) is 0 Å². The average Bonchev–Trinajstić information content (AvgIpc) is 2.98. The first-order valence-corrected chi connectivity index (χ1v) is 7.63. The summed E-state index contributed by atoms with van der Waals surface area (Å²) in [4.78, 5) is 8.24. The molecular formula is C18H14FN5O. The van der Waals surface area contributed by atoms with Gasteiger partial charge in [0.15, 0.2) is 17.4 Å². The maximum atomic E-state index is 13.1. The Morgan fingerprint density at radius 2 is 1.84 bits per heavy atom. The van der Waals surface area contributed by atoms with Crippen molar-refractivity contribution in [3.63, 3.8) is 0 Å². The average molecular weight is 335 g/mol. The van der Waals surface area contributed by atoms with E-state index in [1.54, 1.807) is 12.1 Å². The number of nitrogens with two attached hydrogens (primary N) is 1. The number of nitrogens with zero attached hydrogens (tertiary/aromatic N) is 4. The first-order chi connectivity index (χ1) is 12.1. The number of halogens is 1. The van der Waals surface area contributed by atoms with Crippen molar-refractivity contribution in [1.82, 2.24) is 19.7 Å². The SMILES string of the molecule is Nc1nc(-c2nn(Cc3ccc(F)cc3)c3ccccc23)ncc1O. The number of hydrogen-bond donors (Lipinski definition) is 2. The fourth-order valence-corrected chi connectivity index (χ4v) is 2.68. The Labute approximate surface area is 142 Å². The molecule has 0 aliphatic rings. The van der Waals surface area contributed by atoms with E-state index in [-0.39, 0.29) is 17.4 Å². The van der Waals surface area contributed by atoms with Crippen LogP contribution in [0.1, 0.15) is 5.56 Å². The van der Waals surface area contributed by atoms with Gasteiger partial charge in [-0.05, 0) is 23.8 Å². The minimum absolute atomic E-state index is 0.00201. The summed E-state index contributed by atoms with van der Waals surface area (Å²) in [7, 11) is 0. The molecule has 2 heterocycles. The molecule has 0 aliphatic heterocycles. The molecule has 2 aromatic carbocycles. The molecule has 0 fully saturated rings. The zero-order chi connectivity index (χ0) is 17.4. The molecule has 0 unspecified atom stereocenters. The number of aromatic hydroxyl groups is 1. The lowest BCUT2D eigenvalue weighted by Crippen LogP contribution is -2.02. The maximum Gasteiger partial charge on any atom is 0.182 e. The van der Waals surface area contributed by atoms with E-state index in [0.717, 1.165) is 16.5 Å². The molecule has 0 spiro atoms. The third-order valence-electron chi connectivity index (χ3n) is 3.91. The van der Waals surface area contributed by atoms with Gasteiger partial charge in [-0.15, -0.1) is 0 Å². The molecule has 0 saturated heterocycles. The third-order valence-corrected chi connectivity index (χ3v) is 3.91. The van der Waals surface area contributed by atoms with Crippen LogP contribution in [0.25, 0.3) is 22.4 Å². The highest BCUT2D eigenvalue weighted by molar-refractivity contribution is 5.91. The van der Waals surface area contributed by atoms with E-state index in [1.807, 2.05) is 28.9 Å². The van der Waals surface area contributed by atoms with Gasteiger partial charge in [-0.3, -0.25) is 4.68 Å². The number of para-hydroxylation sites is 1. The molecular weight excluding hydrogens is 321 g/mol. The lowest BCUT2D eigenvalue weighted by Gasteiger charge is -2.03. The van der Waals surface area contributed by atoms with Crippen LogP contribution in [0.15, 0.2) is 54.7 Å². The van der Waals surface area contributed by atoms with Crippen LogP contribution in [0.2, 0.25) is 0 Å². The van der Waals surface area contributed by atoms with Gasteiger partial charge in [0, 0.05) is 5.39 Å². The number of rotatable bonds is 3. The van der Waals surface area contributed by atoms with Crippen molar-refractivity contribution in [3.05, 3.63) is 66.1 Å². The Morgan fingerprint density at radius 3 is 2.60 bits per heavy atom. The molecule has 0 saturated carbocycles. The molecule has 6 nitrogen and oxygen atoms in total. The van der Waals surface area contributed by atoms with Crippen molar-refractivity contribution in [2.75, 3.05) is 5.73 Å². The van der Waals surface area contributed by atoms with Gasteiger partial charge in [0.2, 0.25) is 0 Å². The van der Waals surface area contributed by atoms with E-state index in [2.05, 4.69) is 15.1 Å². The summed E-state index contributed by atoms with van der Waals surface area (Å²) in [5.74, 6) is -0.104. The van der Waals surface area contributed by atoms with Crippen LogP contribution in [-0.4, -0.2) is 24.9 Å². The zero-order valence-electron chi connectivity index (χ0n) is 13.1. The van der Waals surface area contributed by atoms with Gasteiger partial charge < -0.3 is 10.8 Å². The highest BCUT2D eigenvalue weighted by Gasteiger charge is 2.15. The van der Waals surface area contributed by atoms with Crippen molar-refractivity contribution in [1.29, 1.82) is 0 Å². The predicted octanol–water partition coefficient (Wildman–Crippen LogP) is 2.97. The Bertz CT molecular complexity index is 1060. The second-order valence-corrected chi connectivity index (χ2v) is 5.61. The first kappa shape index (κ1) is 15.1. The highest BCUT2D eigenvalue weighted by Crippen LogP contribution is 2.28. The number of aromatic nitrogens is 4. The van der Waals surface area contributed by atoms with Crippen LogP contribution >= 0.6 is 0 Å². The van der Waals surface area contributed by atoms with Gasteiger partial charge in [0.05, 0.1) is 18.3 Å². The fourth-order valence-electron chi connectivity index (χ4n) is 2.68. The summed E-state index contributed by atoms with van der Waals surface area (Å²) in [6, 6.07) is 14.0. The van der Waals surface area contributed by atoms with Crippen LogP contribution in [-0.2, 0) is 6.54 Å². The Balaban J connectivity index is 1.83. The molecule has 124 valence electrons. The van der Waals surface area contributed by atoms with Crippen molar-refractivity contribution in [2.45, 2.75) is 6.54 Å². The maximum absolute atomic E-state index is 13.1. The number of anilines is 1. The van der Waals surface area contributed by atoms with Crippen molar-refractivity contribution in [2.24, 2.45) is 0 Å². The first-order valence-electron chi connectivity index (χ1n) is 7.63. The smallest absolute Gasteiger partial charge is 0.182 e. The minimum Gasteiger partial charge on any atom is -0.503 e. The second kappa shape index (κ2) is 5.86. The van der Waals surface area contributed by atoms with Crippen molar-refractivity contribution >= 4 is 16.7 Å². The summed E-state index contributed by atoms with van der Waals surface area (Å²) in [6.07, 6.45) is 1.26. The summed E-state index contributed by atoms with van der Waals surface area (Å²) in [5, 5.41) is 15.0. The van der Waals surface area contributed by atoms with Gasteiger partial charge in [-0.1, -0.05) is 30.3 Å². The minimum atomic E-state index is -0.275. The summed E-state index contributed by atoms with van der Waals surface area (Å²) in [5.41, 5.74) is 8.07. The molecule has 4 aromatic rings. The van der Waals surface area contributed by atoms with Crippen LogP contribution in [0.3, 0.4) is 0 Å². The topological polar surface area (TPSA) is 89.9 Å². The Hall–Kier alpha value is -3.48. The van der Waals surface area contributed by atoms with E-state index in [9.17, 15) is 9.50 Å². The van der Waals surface area contributed by atoms with E-state index < -0.39 is 0 Å². The van der Waals surface area contributed by atoms with Gasteiger partial charge in [0.1, 0.15) is 11.5 Å². The normalized spacial score (nSPS) is 11.1. The predicted molar refractivity (Wildman–Crippen MR) is 92.3 cm³/mol. The van der Waals surface area contributed by atoms with Crippen LogP contribution in [0.4, 0.5) is 10.2 Å². The third kappa shape index (κ3) is 2.76. The highest BCUT2D eigenvalue weighted by atomic mass is 19.1.